The first-order valence-electron chi connectivity index (χ1n) is 6.99. The molecule has 2 aromatic carbocycles. The monoisotopic (exact) mass is 284 g/mol. The largest absolute Gasteiger partial charge is 0.392 e. The van der Waals surface area contributed by atoms with Gasteiger partial charge in [0.25, 0.3) is 5.91 Å². The van der Waals surface area contributed by atoms with E-state index in [4.69, 9.17) is 5.11 Å². The van der Waals surface area contributed by atoms with E-state index in [0.29, 0.717) is 11.3 Å². The molecule has 0 aliphatic carbocycles. The first kappa shape index (κ1) is 15.1. The molecule has 4 nitrogen and oxygen atoms in total. The van der Waals surface area contributed by atoms with Crippen molar-refractivity contribution in [2.75, 3.05) is 17.2 Å². The molecule has 2 rings (SSSR count). The highest BCUT2D eigenvalue weighted by atomic mass is 16.3. The fourth-order valence-electron chi connectivity index (χ4n) is 2.08. The zero-order valence-electron chi connectivity index (χ0n) is 12.3. The number of aryl methyl sites for hydroxylation is 1. The van der Waals surface area contributed by atoms with Crippen LogP contribution in [-0.4, -0.2) is 17.6 Å². The van der Waals surface area contributed by atoms with Gasteiger partial charge in [-0.3, -0.25) is 4.79 Å². The Balaban J connectivity index is 2.19. The van der Waals surface area contributed by atoms with Gasteiger partial charge in [-0.05, 0) is 49.2 Å². The van der Waals surface area contributed by atoms with Gasteiger partial charge < -0.3 is 15.7 Å². The van der Waals surface area contributed by atoms with E-state index >= 15 is 0 Å². The van der Waals surface area contributed by atoms with Gasteiger partial charge >= 0.3 is 0 Å². The van der Waals surface area contributed by atoms with Crippen molar-refractivity contribution in [2.45, 2.75) is 20.5 Å². The first-order chi connectivity index (χ1) is 10.1. The third kappa shape index (κ3) is 3.83. The molecule has 2 aromatic rings. The normalized spacial score (nSPS) is 10.2. The number of aliphatic hydroxyl groups excluding tert-OH is 1. The highest BCUT2D eigenvalue weighted by Gasteiger charge is 2.11. The maximum Gasteiger partial charge on any atom is 0.257 e. The van der Waals surface area contributed by atoms with E-state index in [-0.39, 0.29) is 12.5 Å². The molecule has 0 heterocycles. The van der Waals surface area contributed by atoms with E-state index in [1.807, 2.05) is 32.0 Å². The van der Waals surface area contributed by atoms with Crippen molar-refractivity contribution >= 4 is 17.3 Å². The summed E-state index contributed by atoms with van der Waals surface area (Å²) in [5.41, 5.74) is 4.09. The van der Waals surface area contributed by atoms with Crippen molar-refractivity contribution < 1.29 is 9.90 Å². The van der Waals surface area contributed by atoms with Crippen LogP contribution in [0.2, 0.25) is 0 Å². The average molecular weight is 284 g/mol. The van der Waals surface area contributed by atoms with Gasteiger partial charge in [0, 0.05) is 17.9 Å². The number of rotatable bonds is 5. The number of benzene rings is 2. The van der Waals surface area contributed by atoms with Crippen LogP contribution in [0.25, 0.3) is 0 Å². The smallest absolute Gasteiger partial charge is 0.257 e. The lowest BCUT2D eigenvalue weighted by Crippen LogP contribution is -2.15. The molecule has 0 saturated carbocycles. The van der Waals surface area contributed by atoms with Crippen LogP contribution in [0.3, 0.4) is 0 Å². The molecule has 0 unspecified atom stereocenters. The SMILES string of the molecule is CCNc1cc(C)ccc1C(=O)Nc1ccc(CO)cc1. The molecule has 0 aliphatic rings. The van der Waals surface area contributed by atoms with Crippen molar-refractivity contribution in [1.82, 2.24) is 0 Å². The van der Waals surface area contributed by atoms with Crippen molar-refractivity contribution in [3.05, 3.63) is 59.2 Å². The first-order valence-corrected chi connectivity index (χ1v) is 6.99. The number of nitrogens with one attached hydrogen (secondary N) is 2. The number of hydrogen-bond acceptors (Lipinski definition) is 3. The van der Waals surface area contributed by atoms with Crippen LogP contribution in [0.5, 0.6) is 0 Å². The van der Waals surface area contributed by atoms with Gasteiger partial charge in [-0.1, -0.05) is 18.2 Å². The van der Waals surface area contributed by atoms with Crippen molar-refractivity contribution in [3.63, 3.8) is 0 Å². The van der Waals surface area contributed by atoms with E-state index in [9.17, 15) is 4.79 Å². The summed E-state index contributed by atoms with van der Waals surface area (Å²) in [6.45, 7) is 4.75. The summed E-state index contributed by atoms with van der Waals surface area (Å²) in [4.78, 5) is 12.4. The molecule has 1 amide bonds. The van der Waals surface area contributed by atoms with Crippen LogP contribution >= 0.6 is 0 Å². The van der Waals surface area contributed by atoms with E-state index < -0.39 is 0 Å². The number of hydrogen-bond donors (Lipinski definition) is 3. The van der Waals surface area contributed by atoms with Crippen molar-refractivity contribution in [3.8, 4) is 0 Å². The number of aliphatic hydroxyl groups is 1. The van der Waals surface area contributed by atoms with E-state index in [0.717, 1.165) is 23.4 Å². The minimum atomic E-state index is -0.150. The number of carbonyl (C=O) groups excluding carboxylic acids is 1. The molecule has 0 aromatic heterocycles. The molecule has 0 saturated heterocycles. The molecule has 0 radical (unpaired) electrons. The fourth-order valence-corrected chi connectivity index (χ4v) is 2.08. The Bertz CT molecular complexity index is 621. The molecule has 21 heavy (non-hydrogen) atoms. The second kappa shape index (κ2) is 6.90. The van der Waals surface area contributed by atoms with Gasteiger partial charge in [0.2, 0.25) is 0 Å². The summed E-state index contributed by atoms with van der Waals surface area (Å²) >= 11 is 0. The van der Waals surface area contributed by atoms with Crippen LogP contribution in [0, 0.1) is 6.92 Å². The number of carbonyl (C=O) groups is 1. The van der Waals surface area contributed by atoms with E-state index in [1.54, 1.807) is 24.3 Å². The maximum absolute atomic E-state index is 12.4. The average Bonchev–Trinajstić information content (AvgIpc) is 2.48. The zero-order chi connectivity index (χ0) is 15.2. The molecule has 0 fully saturated rings. The maximum atomic E-state index is 12.4. The third-order valence-corrected chi connectivity index (χ3v) is 3.18. The Morgan fingerprint density at radius 1 is 1.14 bits per heavy atom. The van der Waals surface area contributed by atoms with Crippen LogP contribution in [0.15, 0.2) is 42.5 Å². The Morgan fingerprint density at radius 3 is 2.48 bits per heavy atom. The Labute approximate surface area is 124 Å². The molecular formula is C17H20N2O2. The predicted molar refractivity (Wildman–Crippen MR) is 85.7 cm³/mol. The standard InChI is InChI=1S/C17H20N2O2/c1-3-18-16-10-12(2)4-9-15(16)17(21)19-14-7-5-13(11-20)6-8-14/h4-10,18,20H,3,11H2,1-2H3,(H,19,21). The summed E-state index contributed by atoms with van der Waals surface area (Å²) in [5, 5.41) is 15.1. The highest BCUT2D eigenvalue weighted by Crippen LogP contribution is 2.19. The number of anilines is 2. The van der Waals surface area contributed by atoms with Crippen molar-refractivity contribution in [2.24, 2.45) is 0 Å². The minimum absolute atomic E-state index is 0.00322. The van der Waals surface area contributed by atoms with Crippen molar-refractivity contribution in [1.29, 1.82) is 0 Å². The highest BCUT2D eigenvalue weighted by molar-refractivity contribution is 6.08. The van der Waals surface area contributed by atoms with Crippen LogP contribution in [0.1, 0.15) is 28.4 Å². The number of amides is 1. The second-order valence-electron chi connectivity index (χ2n) is 4.89. The summed E-state index contributed by atoms with van der Waals surface area (Å²) in [7, 11) is 0. The molecular weight excluding hydrogens is 264 g/mol. The predicted octanol–water partition coefficient (Wildman–Crippen LogP) is 3.17. The van der Waals surface area contributed by atoms with Gasteiger partial charge in [0.1, 0.15) is 0 Å². The lowest BCUT2D eigenvalue weighted by molar-refractivity contribution is 0.102. The van der Waals surface area contributed by atoms with E-state index in [1.165, 1.54) is 0 Å². The van der Waals surface area contributed by atoms with Gasteiger partial charge in [-0.15, -0.1) is 0 Å². The van der Waals surface area contributed by atoms with Crippen LogP contribution < -0.4 is 10.6 Å². The topological polar surface area (TPSA) is 61.4 Å². The minimum Gasteiger partial charge on any atom is -0.392 e. The summed E-state index contributed by atoms with van der Waals surface area (Å²) in [6, 6.07) is 12.9. The Kier molecular flexibility index (Phi) is 4.95. The van der Waals surface area contributed by atoms with E-state index in [2.05, 4.69) is 10.6 Å². The van der Waals surface area contributed by atoms with Crippen LogP contribution in [0.4, 0.5) is 11.4 Å². The molecule has 110 valence electrons. The van der Waals surface area contributed by atoms with Gasteiger partial charge in [0.05, 0.1) is 12.2 Å². The van der Waals surface area contributed by atoms with Gasteiger partial charge in [0.15, 0.2) is 0 Å². The molecule has 0 spiro atoms. The Morgan fingerprint density at radius 2 is 1.86 bits per heavy atom. The lowest BCUT2D eigenvalue weighted by atomic mass is 10.1. The zero-order valence-corrected chi connectivity index (χ0v) is 12.3. The van der Waals surface area contributed by atoms with Gasteiger partial charge in [-0.2, -0.15) is 0 Å². The van der Waals surface area contributed by atoms with Gasteiger partial charge in [-0.25, -0.2) is 0 Å². The third-order valence-electron chi connectivity index (χ3n) is 3.18. The van der Waals surface area contributed by atoms with Crippen LogP contribution in [-0.2, 0) is 6.61 Å². The lowest BCUT2D eigenvalue weighted by Gasteiger charge is -2.12. The molecule has 3 N–H and O–H groups in total. The second-order valence-corrected chi connectivity index (χ2v) is 4.89. The summed E-state index contributed by atoms with van der Waals surface area (Å²) in [6.07, 6.45) is 0. The summed E-state index contributed by atoms with van der Waals surface area (Å²) in [5.74, 6) is -0.150. The molecule has 0 aliphatic heterocycles. The molecule has 0 atom stereocenters. The Hall–Kier alpha value is -2.33. The molecule has 0 bridgehead atoms. The summed E-state index contributed by atoms with van der Waals surface area (Å²) < 4.78 is 0. The molecule has 4 heteroatoms. The fraction of sp³-hybridized carbons (Fsp3) is 0.235. The quantitative estimate of drug-likeness (QED) is 0.790.